The highest BCUT2D eigenvalue weighted by Crippen LogP contribution is 2.21. The maximum atomic E-state index is 12.9. The second kappa shape index (κ2) is 29.6. The van der Waals surface area contributed by atoms with Gasteiger partial charge in [-0.05, 0) is 95.9 Å². The fraction of sp³-hybridized carbons (Fsp3) is 0.500. The zero-order chi connectivity index (χ0) is 38.3. The first-order valence-electron chi connectivity index (χ1n) is 18.4. The van der Waals surface area contributed by atoms with Gasteiger partial charge in [-0.3, -0.25) is 14.4 Å². The van der Waals surface area contributed by atoms with Gasteiger partial charge < -0.3 is 30.3 Å². The minimum absolute atomic E-state index is 0.123. The van der Waals surface area contributed by atoms with E-state index in [-0.39, 0.29) is 51.1 Å². The second-order valence-electron chi connectivity index (χ2n) is 12.8. The van der Waals surface area contributed by atoms with E-state index in [9.17, 15) is 24.6 Å². The molecule has 0 aliphatic heterocycles. The fourth-order valence-corrected chi connectivity index (χ4v) is 4.73. The second-order valence-corrected chi connectivity index (χ2v) is 13.2. The van der Waals surface area contributed by atoms with Crippen molar-refractivity contribution in [2.75, 3.05) is 32.9 Å². The Kier molecular flexibility index (Phi) is 26.3. The number of ether oxygens (including phenoxy) is 2. The van der Waals surface area contributed by atoms with Crippen molar-refractivity contribution >= 4 is 29.4 Å². The van der Waals surface area contributed by atoms with Crippen LogP contribution in [0.15, 0.2) is 97.2 Å². The van der Waals surface area contributed by atoms with Crippen LogP contribution in [0.25, 0.3) is 0 Å². The van der Waals surface area contributed by atoms with Crippen molar-refractivity contribution in [2.24, 2.45) is 11.8 Å². The van der Waals surface area contributed by atoms with Gasteiger partial charge in [0, 0.05) is 30.5 Å². The lowest BCUT2D eigenvalue weighted by Crippen LogP contribution is -2.47. The number of carbonyl (C=O) groups excluding carboxylic acids is 3. The smallest absolute Gasteiger partial charge is 0.309 e. The number of rotatable bonds is 28. The van der Waals surface area contributed by atoms with Gasteiger partial charge in [-0.2, -0.15) is 0 Å². The monoisotopic (exact) mass is 740 g/mol. The number of carbonyl (C=O) groups is 3. The normalized spacial score (nSPS) is 13.1. The molecule has 4 N–H and O–H groups in total. The van der Waals surface area contributed by atoms with Crippen LogP contribution in [0, 0.1) is 11.8 Å². The molecule has 10 heteroatoms. The Morgan fingerprint density at radius 3 is 1.73 bits per heavy atom. The van der Waals surface area contributed by atoms with E-state index in [0.717, 1.165) is 38.5 Å². The summed E-state index contributed by atoms with van der Waals surface area (Å²) in [5, 5.41) is 24.9. The van der Waals surface area contributed by atoms with E-state index in [1.165, 1.54) is 0 Å². The number of hydrogen-bond acceptors (Lipinski definition) is 7. The molecule has 1 rings (SSSR count). The highest BCUT2D eigenvalue weighted by atomic mass is 35.5. The van der Waals surface area contributed by atoms with E-state index in [0.29, 0.717) is 30.0 Å². The predicted octanol–water partition coefficient (Wildman–Crippen LogP) is 7.75. The van der Waals surface area contributed by atoms with Crippen LogP contribution in [0.5, 0.6) is 5.75 Å². The molecule has 1 aromatic rings. The van der Waals surface area contributed by atoms with Crippen molar-refractivity contribution in [3.05, 3.63) is 102 Å². The maximum absolute atomic E-state index is 12.9. The van der Waals surface area contributed by atoms with Gasteiger partial charge >= 0.3 is 5.97 Å². The fourth-order valence-electron chi connectivity index (χ4n) is 4.61. The Labute approximate surface area is 316 Å². The van der Waals surface area contributed by atoms with Gasteiger partial charge in [0.25, 0.3) is 5.91 Å². The standard InChI is InChI=1S/C42H61ClN2O7/c1-4-5-6-7-8-9-10-11-12-13-14-15-16-17-18-19-20-21-22-23-39(48)44-30-28-36(40(49)51-34-35(32-46)33-47)29-31-45-41(50)42(2,3)52-38-26-24-37(43)25-27-38/h5-6,8-9,11-12,14-15,17-18,20-21,24-27,35-36,46-47H,4,7,10,13,16,19,22-23,28-34H2,1-3H3,(H,44,48)(H,45,50). The average Bonchev–Trinajstić information content (AvgIpc) is 3.13. The molecule has 0 aromatic heterocycles. The topological polar surface area (TPSA) is 134 Å². The highest BCUT2D eigenvalue weighted by molar-refractivity contribution is 6.30. The summed E-state index contributed by atoms with van der Waals surface area (Å²) in [5.74, 6) is -1.72. The highest BCUT2D eigenvalue weighted by Gasteiger charge is 2.30. The number of benzene rings is 1. The van der Waals surface area contributed by atoms with Gasteiger partial charge in [-0.15, -0.1) is 0 Å². The molecule has 1 atom stereocenters. The third-order valence-electron chi connectivity index (χ3n) is 7.77. The van der Waals surface area contributed by atoms with Crippen LogP contribution in [-0.4, -0.2) is 66.5 Å². The molecular formula is C42H61ClN2O7. The van der Waals surface area contributed by atoms with E-state index in [4.69, 9.17) is 21.1 Å². The van der Waals surface area contributed by atoms with Gasteiger partial charge in [-0.25, -0.2) is 0 Å². The quantitative estimate of drug-likeness (QED) is 0.0510. The number of aliphatic hydroxyl groups excluding tert-OH is 2. The molecular weight excluding hydrogens is 680 g/mol. The van der Waals surface area contributed by atoms with Crippen molar-refractivity contribution < 1.29 is 34.1 Å². The van der Waals surface area contributed by atoms with Crippen LogP contribution in [0.3, 0.4) is 0 Å². The Morgan fingerprint density at radius 1 is 0.750 bits per heavy atom. The number of halogens is 1. The molecule has 0 spiro atoms. The van der Waals surface area contributed by atoms with Crippen molar-refractivity contribution in [1.82, 2.24) is 10.6 Å². The van der Waals surface area contributed by atoms with Crippen LogP contribution in [0.4, 0.5) is 0 Å². The Bertz CT molecular complexity index is 1310. The molecule has 0 aliphatic rings. The lowest BCUT2D eigenvalue weighted by molar-refractivity contribution is -0.151. The van der Waals surface area contributed by atoms with Crippen molar-refractivity contribution in [1.29, 1.82) is 0 Å². The number of esters is 1. The third-order valence-corrected chi connectivity index (χ3v) is 8.02. The van der Waals surface area contributed by atoms with Gasteiger partial charge in [0.2, 0.25) is 5.91 Å². The Morgan fingerprint density at radius 2 is 1.23 bits per heavy atom. The number of aliphatic hydroxyl groups is 2. The predicted molar refractivity (Wildman–Crippen MR) is 211 cm³/mol. The molecule has 0 saturated carbocycles. The van der Waals surface area contributed by atoms with Gasteiger partial charge in [0.05, 0.1) is 25.7 Å². The summed E-state index contributed by atoms with van der Waals surface area (Å²) in [4.78, 5) is 38.2. The average molecular weight is 741 g/mol. The largest absolute Gasteiger partial charge is 0.478 e. The van der Waals surface area contributed by atoms with Crippen LogP contribution >= 0.6 is 11.6 Å². The molecule has 9 nitrogen and oxygen atoms in total. The Hall–Kier alpha value is -3.92. The van der Waals surface area contributed by atoms with E-state index >= 15 is 0 Å². The van der Waals surface area contributed by atoms with Gasteiger partial charge in [-0.1, -0.05) is 91.4 Å². The molecule has 52 heavy (non-hydrogen) atoms. The molecule has 0 saturated heterocycles. The third kappa shape index (κ3) is 23.5. The van der Waals surface area contributed by atoms with Crippen molar-refractivity contribution in [2.45, 2.75) is 90.6 Å². The zero-order valence-corrected chi connectivity index (χ0v) is 32.1. The SMILES string of the molecule is CCC=CCC=CCC=CCC=CCC=CCC=CCCC(=O)NCCC(CCNC(=O)C(C)(C)Oc1ccc(Cl)cc1)C(=O)OCC(CO)CO. The summed E-state index contributed by atoms with van der Waals surface area (Å²) in [7, 11) is 0. The zero-order valence-electron chi connectivity index (χ0n) is 31.3. The van der Waals surface area contributed by atoms with E-state index in [1.54, 1.807) is 38.1 Å². The first-order chi connectivity index (χ1) is 25.1. The summed E-state index contributed by atoms with van der Waals surface area (Å²) in [6.45, 7) is 5.08. The van der Waals surface area contributed by atoms with Gasteiger partial charge in [0.15, 0.2) is 5.60 Å². The lowest BCUT2D eigenvalue weighted by atomic mass is 10.0. The summed E-state index contributed by atoms with van der Waals surface area (Å²) in [6, 6.07) is 6.69. The number of amides is 2. The minimum Gasteiger partial charge on any atom is -0.478 e. The first kappa shape index (κ1) is 46.1. The van der Waals surface area contributed by atoms with Crippen LogP contribution in [-0.2, 0) is 19.1 Å². The van der Waals surface area contributed by atoms with Crippen molar-refractivity contribution in [3.63, 3.8) is 0 Å². The van der Waals surface area contributed by atoms with Crippen molar-refractivity contribution in [3.8, 4) is 5.75 Å². The molecule has 2 amide bonds. The molecule has 0 heterocycles. The van der Waals surface area contributed by atoms with E-state index in [2.05, 4.69) is 78.3 Å². The van der Waals surface area contributed by atoms with E-state index < -0.39 is 23.4 Å². The summed E-state index contributed by atoms with van der Waals surface area (Å²) in [6.07, 6.45) is 32.8. The molecule has 0 aliphatic carbocycles. The number of hydrogen-bond donors (Lipinski definition) is 4. The molecule has 288 valence electrons. The molecule has 0 radical (unpaired) electrons. The maximum Gasteiger partial charge on any atom is 0.309 e. The first-order valence-corrected chi connectivity index (χ1v) is 18.8. The molecule has 0 bridgehead atoms. The molecule has 1 unspecified atom stereocenters. The molecule has 1 aromatic carbocycles. The van der Waals surface area contributed by atoms with Crippen LogP contribution in [0.1, 0.15) is 85.0 Å². The van der Waals surface area contributed by atoms with Crippen LogP contribution in [0.2, 0.25) is 5.02 Å². The van der Waals surface area contributed by atoms with E-state index in [1.807, 2.05) is 12.2 Å². The summed E-state index contributed by atoms with van der Waals surface area (Å²) < 4.78 is 11.2. The lowest BCUT2D eigenvalue weighted by Gasteiger charge is -2.26. The Balaban J connectivity index is 2.39. The minimum atomic E-state index is -1.18. The van der Waals surface area contributed by atoms with Gasteiger partial charge in [0.1, 0.15) is 5.75 Å². The summed E-state index contributed by atoms with van der Waals surface area (Å²) >= 11 is 5.93. The van der Waals surface area contributed by atoms with Crippen LogP contribution < -0.4 is 15.4 Å². The number of allylic oxidation sites excluding steroid dienone is 12. The number of nitrogens with one attached hydrogen (secondary N) is 2. The summed E-state index contributed by atoms with van der Waals surface area (Å²) in [5.41, 5.74) is -1.18. The molecule has 0 fully saturated rings.